The SMILES string of the molecule is CCCC(CNC(=O)OC(C)(C)C)NCc1cnccc1C. The number of rotatable bonds is 7. The lowest BCUT2D eigenvalue weighted by atomic mass is 10.1. The standard InChI is InChI=1S/C17H29N3O2/c1-6-7-15(12-20-16(21)22-17(3,4)5)19-11-14-10-18-9-8-13(14)2/h8-10,15,19H,6-7,11-12H2,1-5H3,(H,20,21). The molecule has 1 heterocycles. The van der Waals surface area contributed by atoms with Gasteiger partial charge in [-0.15, -0.1) is 0 Å². The molecule has 1 aromatic rings. The molecule has 1 aromatic heterocycles. The van der Waals surface area contributed by atoms with Crippen molar-refractivity contribution in [3.63, 3.8) is 0 Å². The average Bonchev–Trinajstić information content (AvgIpc) is 2.41. The highest BCUT2D eigenvalue weighted by molar-refractivity contribution is 5.67. The van der Waals surface area contributed by atoms with E-state index >= 15 is 0 Å². The highest BCUT2D eigenvalue weighted by Gasteiger charge is 2.17. The summed E-state index contributed by atoms with van der Waals surface area (Å²) >= 11 is 0. The van der Waals surface area contributed by atoms with Gasteiger partial charge in [0, 0.05) is 31.5 Å². The lowest BCUT2D eigenvalue weighted by Crippen LogP contribution is -2.42. The van der Waals surface area contributed by atoms with Crippen molar-refractivity contribution in [1.29, 1.82) is 0 Å². The van der Waals surface area contributed by atoms with Crippen LogP contribution < -0.4 is 10.6 Å². The molecule has 0 aliphatic heterocycles. The second-order valence-corrected chi connectivity index (χ2v) is 6.55. The number of amides is 1. The van der Waals surface area contributed by atoms with Gasteiger partial charge in [0.25, 0.3) is 0 Å². The fourth-order valence-electron chi connectivity index (χ4n) is 2.08. The van der Waals surface area contributed by atoms with Crippen molar-refractivity contribution in [2.24, 2.45) is 0 Å². The first-order chi connectivity index (χ1) is 10.3. The first kappa shape index (κ1) is 18.4. The maximum absolute atomic E-state index is 11.7. The monoisotopic (exact) mass is 307 g/mol. The van der Waals surface area contributed by atoms with Crippen LogP contribution in [-0.4, -0.2) is 29.3 Å². The molecule has 0 spiro atoms. The molecule has 0 radical (unpaired) electrons. The highest BCUT2D eigenvalue weighted by Crippen LogP contribution is 2.08. The van der Waals surface area contributed by atoms with Crippen molar-refractivity contribution < 1.29 is 9.53 Å². The molecule has 5 heteroatoms. The lowest BCUT2D eigenvalue weighted by molar-refractivity contribution is 0.0521. The maximum Gasteiger partial charge on any atom is 0.407 e. The van der Waals surface area contributed by atoms with Crippen LogP contribution in [0.3, 0.4) is 0 Å². The number of pyridine rings is 1. The minimum atomic E-state index is -0.468. The van der Waals surface area contributed by atoms with Gasteiger partial charge in [-0.25, -0.2) is 4.79 Å². The number of nitrogens with zero attached hydrogens (tertiary/aromatic N) is 1. The lowest BCUT2D eigenvalue weighted by Gasteiger charge is -2.22. The maximum atomic E-state index is 11.7. The Labute approximate surface area is 133 Å². The third-order valence-electron chi connectivity index (χ3n) is 3.26. The molecular weight excluding hydrogens is 278 g/mol. The zero-order valence-electron chi connectivity index (χ0n) is 14.4. The number of aryl methyl sites for hydroxylation is 1. The second kappa shape index (κ2) is 8.73. The van der Waals surface area contributed by atoms with Gasteiger partial charge in [0.15, 0.2) is 0 Å². The Morgan fingerprint density at radius 1 is 1.41 bits per heavy atom. The molecule has 0 aliphatic rings. The van der Waals surface area contributed by atoms with Gasteiger partial charge in [0.2, 0.25) is 0 Å². The first-order valence-electron chi connectivity index (χ1n) is 7.91. The summed E-state index contributed by atoms with van der Waals surface area (Å²) in [7, 11) is 0. The van der Waals surface area contributed by atoms with E-state index < -0.39 is 5.60 Å². The molecule has 1 amide bonds. The van der Waals surface area contributed by atoms with Crippen LogP contribution in [0.5, 0.6) is 0 Å². The topological polar surface area (TPSA) is 63.2 Å². The predicted octanol–water partition coefficient (Wildman–Crippen LogP) is 3.17. The first-order valence-corrected chi connectivity index (χ1v) is 7.91. The summed E-state index contributed by atoms with van der Waals surface area (Å²) < 4.78 is 5.26. The third kappa shape index (κ3) is 7.41. The molecule has 0 aromatic carbocycles. The smallest absolute Gasteiger partial charge is 0.407 e. The minimum Gasteiger partial charge on any atom is -0.444 e. The molecule has 22 heavy (non-hydrogen) atoms. The van der Waals surface area contributed by atoms with Crippen LogP contribution in [-0.2, 0) is 11.3 Å². The van der Waals surface area contributed by atoms with Crippen molar-refractivity contribution in [2.45, 2.75) is 65.6 Å². The zero-order valence-corrected chi connectivity index (χ0v) is 14.4. The molecular formula is C17H29N3O2. The molecule has 1 atom stereocenters. The second-order valence-electron chi connectivity index (χ2n) is 6.55. The zero-order chi connectivity index (χ0) is 16.6. The molecule has 0 saturated carbocycles. The summed E-state index contributed by atoms with van der Waals surface area (Å²) in [6, 6.07) is 2.22. The summed E-state index contributed by atoms with van der Waals surface area (Å²) in [6.45, 7) is 11.1. The van der Waals surface area contributed by atoms with Gasteiger partial charge >= 0.3 is 6.09 Å². The van der Waals surface area contributed by atoms with Crippen LogP contribution in [0.15, 0.2) is 18.5 Å². The van der Waals surface area contributed by atoms with Gasteiger partial charge in [-0.05, 0) is 51.3 Å². The van der Waals surface area contributed by atoms with Crippen molar-refractivity contribution in [2.75, 3.05) is 6.54 Å². The largest absolute Gasteiger partial charge is 0.444 e. The Morgan fingerprint density at radius 2 is 2.14 bits per heavy atom. The van der Waals surface area contributed by atoms with Crippen molar-refractivity contribution in [3.8, 4) is 0 Å². The number of ether oxygens (including phenoxy) is 1. The minimum absolute atomic E-state index is 0.220. The van der Waals surface area contributed by atoms with E-state index in [-0.39, 0.29) is 12.1 Å². The van der Waals surface area contributed by atoms with E-state index in [2.05, 4.69) is 29.5 Å². The fraction of sp³-hybridized carbons (Fsp3) is 0.647. The van der Waals surface area contributed by atoms with E-state index in [9.17, 15) is 4.79 Å². The van der Waals surface area contributed by atoms with E-state index in [1.165, 1.54) is 11.1 Å². The van der Waals surface area contributed by atoms with Gasteiger partial charge in [0.1, 0.15) is 5.60 Å². The van der Waals surface area contributed by atoms with Crippen molar-refractivity contribution in [1.82, 2.24) is 15.6 Å². The van der Waals surface area contributed by atoms with Gasteiger partial charge in [-0.1, -0.05) is 13.3 Å². The molecule has 2 N–H and O–H groups in total. The van der Waals surface area contributed by atoms with E-state index in [1.54, 1.807) is 6.20 Å². The van der Waals surface area contributed by atoms with Gasteiger partial charge in [-0.3, -0.25) is 4.98 Å². The molecule has 5 nitrogen and oxygen atoms in total. The molecule has 0 bridgehead atoms. The number of alkyl carbamates (subject to hydrolysis) is 1. The third-order valence-corrected chi connectivity index (χ3v) is 3.26. The van der Waals surface area contributed by atoms with Crippen LogP contribution >= 0.6 is 0 Å². The molecule has 1 rings (SSSR count). The Hall–Kier alpha value is -1.62. The summed E-state index contributed by atoms with van der Waals surface area (Å²) in [4.78, 5) is 15.9. The van der Waals surface area contributed by atoms with Gasteiger partial charge in [0.05, 0.1) is 0 Å². The predicted molar refractivity (Wildman–Crippen MR) is 88.7 cm³/mol. The van der Waals surface area contributed by atoms with E-state index in [1.807, 2.05) is 33.0 Å². The van der Waals surface area contributed by atoms with Crippen LogP contribution in [0.25, 0.3) is 0 Å². The summed E-state index contributed by atoms with van der Waals surface area (Å²) in [5.74, 6) is 0. The number of carbonyl (C=O) groups excluding carboxylic acids is 1. The van der Waals surface area contributed by atoms with Crippen LogP contribution in [0, 0.1) is 6.92 Å². The molecule has 124 valence electrons. The summed E-state index contributed by atoms with van der Waals surface area (Å²) in [6.07, 6.45) is 5.36. The number of nitrogens with one attached hydrogen (secondary N) is 2. The van der Waals surface area contributed by atoms with Gasteiger partial charge < -0.3 is 15.4 Å². The molecule has 1 unspecified atom stereocenters. The summed E-state index contributed by atoms with van der Waals surface area (Å²) in [5, 5.41) is 6.32. The van der Waals surface area contributed by atoms with E-state index in [0.717, 1.165) is 19.4 Å². The number of carbonyl (C=O) groups is 1. The van der Waals surface area contributed by atoms with Crippen LogP contribution in [0.4, 0.5) is 4.79 Å². The Kier molecular flexibility index (Phi) is 7.32. The number of hydrogen-bond acceptors (Lipinski definition) is 4. The Balaban J connectivity index is 2.45. The molecule has 0 saturated heterocycles. The molecule has 0 fully saturated rings. The Bertz CT molecular complexity index is 469. The highest BCUT2D eigenvalue weighted by atomic mass is 16.6. The molecule has 0 aliphatic carbocycles. The van der Waals surface area contributed by atoms with Crippen molar-refractivity contribution in [3.05, 3.63) is 29.6 Å². The van der Waals surface area contributed by atoms with E-state index in [0.29, 0.717) is 6.54 Å². The normalized spacial score (nSPS) is 12.8. The quantitative estimate of drug-likeness (QED) is 0.812. The number of hydrogen-bond donors (Lipinski definition) is 2. The Morgan fingerprint density at radius 3 is 2.73 bits per heavy atom. The van der Waals surface area contributed by atoms with E-state index in [4.69, 9.17) is 4.74 Å². The van der Waals surface area contributed by atoms with Crippen molar-refractivity contribution >= 4 is 6.09 Å². The summed E-state index contributed by atoms with van der Waals surface area (Å²) in [5.41, 5.74) is 1.93. The van der Waals surface area contributed by atoms with Crippen LogP contribution in [0.1, 0.15) is 51.7 Å². The van der Waals surface area contributed by atoms with Crippen LogP contribution in [0.2, 0.25) is 0 Å². The van der Waals surface area contributed by atoms with Gasteiger partial charge in [-0.2, -0.15) is 0 Å². The average molecular weight is 307 g/mol. The number of aromatic nitrogens is 1. The fourth-order valence-corrected chi connectivity index (χ4v) is 2.08.